The highest BCUT2D eigenvalue weighted by molar-refractivity contribution is 7.53. The Morgan fingerprint density at radius 2 is 1.00 bits per heavy atom. The largest absolute Gasteiger partial charge is 1.00 e. The normalized spacial score (nSPS) is 9.86. The molecule has 0 spiro atoms. The Balaban J connectivity index is 0.00000176. The number of nitrogens with zero attached hydrogens (tertiary/aromatic N) is 1. The maximum absolute atomic E-state index is 3.56. The van der Waals surface area contributed by atoms with Crippen molar-refractivity contribution in [1.82, 2.24) is 0 Å². The lowest BCUT2D eigenvalue weighted by Gasteiger charge is -2.14. The van der Waals surface area contributed by atoms with E-state index in [1.807, 2.05) is 54.6 Å². The van der Waals surface area contributed by atoms with Crippen LogP contribution in [0.4, 0.5) is 11.4 Å². The second-order valence-electron chi connectivity index (χ2n) is 4.52. The van der Waals surface area contributed by atoms with E-state index in [0.717, 1.165) is 11.4 Å². The first-order valence-corrected chi connectivity index (χ1v) is 8.11. The van der Waals surface area contributed by atoms with Crippen molar-refractivity contribution in [2.24, 2.45) is 0 Å². The smallest absolute Gasteiger partial charge is 0.412 e. The number of hydrogen-bond donors (Lipinski definition) is 2. The third-order valence-corrected chi connectivity index (χ3v) is 4.62. The predicted molar refractivity (Wildman–Crippen MR) is 89.1 cm³/mol. The van der Waals surface area contributed by atoms with Gasteiger partial charge in [-0.2, -0.15) is 4.34 Å². The van der Waals surface area contributed by atoms with Gasteiger partial charge in [0.15, 0.2) is 12.4 Å². The molecule has 3 rings (SSSR count). The van der Waals surface area contributed by atoms with Gasteiger partial charge in [-0.25, -0.2) is 0 Å². The molecule has 5 heteroatoms. The van der Waals surface area contributed by atoms with Gasteiger partial charge >= 0.3 is 8.37 Å². The Hall–Kier alpha value is -2.09. The fraction of sp³-hybridized carbons (Fsp3) is 0. The molecule has 3 aromatic rings. The predicted octanol–water partition coefficient (Wildman–Crippen LogP) is 1.28. The van der Waals surface area contributed by atoms with Gasteiger partial charge in [-0.15, -0.1) is 0 Å². The van der Waals surface area contributed by atoms with Crippen LogP contribution in [-0.2, 0) is 0 Å². The minimum Gasteiger partial charge on any atom is -1.00 e. The van der Waals surface area contributed by atoms with E-state index in [1.54, 1.807) is 0 Å². The first-order chi connectivity index (χ1) is 10.4. The molecule has 112 valence electrons. The topological polar surface area (TPSA) is 27.9 Å². The van der Waals surface area contributed by atoms with Gasteiger partial charge in [-0.1, -0.05) is 42.5 Å². The average molecular weight is 330 g/mol. The van der Waals surface area contributed by atoms with Gasteiger partial charge in [0.2, 0.25) is 0 Å². The molecule has 1 heterocycles. The van der Waals surface area contributed by atoms with E-state index in [2.05, 4.69) is 51.2 Å². The Morgan fingerprint density at radius 1 is 0.591 bits per heavy atom. The number of rotatable bonds is 5. The van der Waals surface area contributed by atoms with Crippen molar-refractivity contribution >= 4 is 19.7 Å². The summed E-state index contributed by atoms with van der Waals surface area (Å²) in [6, 6.07) is 26.6. The lowest BCUT2D eigenvalue weighted by Crippen LogP contribution is -3.00. The quantitative estimate of drug-likeness (QED) is 0.690. The first-order valence-electron chi connectivity index (χ1n) is 6.82. The second-order valence-corrected chi connectivity index (χ2v) is 6.06. The number of para-hydroxylation sites is 2. The molecule has 0 aliphatic carbocycles. The summed E-state index contributed by atoms with van der Waals surface area (Å²) in [5.41, 5.74) is 2.20. The van der Waals surface area contributed by atoms with Gasteiger partial charge < -0.3 is 12.4 Å². The maximum atomic E-state index is 3.56. The number of hydrogen-bond acceptors (Lipinski definition) is 2. The fourth-order valence-electron chi connectivity index (χ4n) is 1.94. The highest BCUT2D eigenvalue weighted by Gasteiger charge is 2.20. The van der Waals surface area contributed by atoms with Gasteiger partial charge in [0.05, 0.1) is 0 Å². The van der Waals surface area contributed by atoms with Gasteiger partial charge in [-0.05, 0) is 24.3 Å². The van der Waals surface area contributed by atoms with Crippen molar-refractivity contribution < 1.29 is 16.7 Å². The van der Waals surface area contributed by atoms with E-state index in [0.29, 0.717) is 0 Å². The highest BCUT2D eigenvalue weighted by Crippen LogP contribution is 2.31. The van der Waals surface area contributed by atoms with E-state index >= 15 is 0 Å². The summed E-state index contributed by atoms with van der Waals surface area (Å²) >= 11 is 0. The number of nitrogens with one attached hydrogen (secondary N) is 2. The molecule has 0 bridgehead atoms. The monoisotopic (exact) mass is 329 g/mol. The number of halogens is 1. The molecule has 1 aromatic heterocycles. The number of anilines is 2. The van der Waals surface area contributed by atoms with Crippen LogP contribution in [0.5, 0.6) is 0 Å². The molecule has 0 fully saturated rings. The summed E-state index contributed by atoms with van der Waals surface area (Å²) in [6.07, 6.45) is 4.13. The average Bonchev–Trinajstić information content (AvgIpc) is 2.57. The van der Waals surface area contributed by atoms with Crippen LogP contribution in [0.15, 0.2) is 91.3 Å². The van der Waals surface area contributed by atoms with E-state index in [1.165, 1.54) is 0 Å². The molecule has 0 saturated heterocycles. The Morgan fingerprint density at radius 3 is 1.45 bits per heavy atom. The zero-order valence-electron chi connectivity index (χ0n) is 11.9. The SMILES string of the molecule is [Cl-].c1ccc(NP(Nc2ccccc2)[n+]2ccccc2)cc1. The summed E-state index contributed by atoms with van der Waals surface area (Å²) in [6.45, 7) is 0. The molecule has 0 atom stereocenters. The zero-order valence-corrected chi connectivity index (χ0v) is 13.6. The third kappa shape index (κ3) is 4.45. The molecule has 0 saturated carbocycles. The van der Waals surface area contributed by atoms with E-state index < -0.39 is 8.37 Å². The molecular formula is C17H17ClN3P. The van der Waals surface area contributed by atoms with Crippen molar-refractivity contribution in [1.29, 1.82) is 0 Å². The van der Waals surface area contributed by atoms with Crippen LogP contribution in [0.25, 0.3) is 0 Å². The van der Waals surface area contributed by atoms with Crippen molar-refractivity contribution in [2.75, 3.05) is 10.2 Å². The van der Waals surface area contributed by atoms with Crippen molar-refractivity contribution in [3.8, 4) is 0 Å². The Kier molecular flexibility index (Phi) is 6.20. The summed E-state index contributed by atoms with van der Waals surface area (Å²) in [5.74, 6) is 0. The summed E-state index contributed by atoms with van der Waals surface area (Å²) in [7, 11) is -0.792. The highest BCUT2D eigenvalue weighted by atomic mass is 35.5. The number of aromatic nitrogens is 1. The molecule has 0 aliphatic rings. The molecule has 2 N–H and O–H groups in total. The Bertz CT molecular complexity index is 624. The molecule has 22 heavy (non-hydrogen) atoms. The van der Waals surface area contributed by atoms with Crippen molar-refractivity contribution in [3.63, 3.8) is 0 Å². The van der Waals surface area contributed by atoms with Crippen LogP contribution in [0.1, 0.15) is 0 Å². The van der Waals surface area contributed by atoms with Crippen LogP contribution in [-0.4, -0.2) is 0 Å². The molecule has 0 unspecified atom stereocenters. The van der Waals surface area contributed by atoms with Gasteiger partial charge in [0.1, 0.15) is 0 Å². The molecule has 0 amide bonds. The van der Waals surface area contributed by atoms with E-state index in [-0.39, 0.29) is 12.4 Å². The van der Waals surface area contributed by atoms with Crippen LogP contribution in [0.2, 0.25) is 0 Å². The molecule has 3 nitrogen and oxygen atoms in total. The first kappa shape index (κ1) is 16.3. The van der Waals surface area contributed by atoms with Crippen LogP contribution < -0.4 is 26.9 Å². The maximum Gasteiger partial charge on any atom is 0.412 e. The standard InChI is InChI=1S/C17H17N3P.ClH/c1-4-10-16(11-5-1)18-21(20-14-8-3-9-15-20)19-17-12-6-2-7-13-17;/h1-15,18-19H;1H/q+1;/p-1. The summed E-state index contributed by atoms with van der Waals surface area (Å²) in [4.78, 5) is 0. The second kappa shape index (κ2) is 8.38. The minimum absolute atomic E-state index is 0. The minimum atomic E-state index is -0.792. The van der Waals surface area contributed by atoms with Gasteiger partial charge in [0.25, 0.3) is 0 Å². The van der Waals surface area contributed by atoms with Crippen molar-refractivity contribution in [2.45, 2.75) is 0 Å². The lowest BCUT2D eigenvalue weighted by molar-refractivity contribution is -0.510. The number of benzene rings is 2. The molecular weight excluding hydrogens is 313 g/mol. The van der Waals surface area contributed by atoms with E-state index in [9.17, 15) is 0 Å². The van der Waals surface area contributed by atoms with Gasteiger partial charge in [0, 0.05) is 23.5 Å². The van der Waals surface area contributed by atoms with E-state index in [4.69, 9.17) is 0 Å². The van der Waals surface area contributed by atoms with Crippen LogP contribution >= 0.6 is 8.37 Å². The molecule has 0 aliphatic heterocycles. The molecule has 2 aromatic carbocycles. The lowest BCUT2D eigenvalue weighted by atomic mass is 10.3. The zero-order chi connectivity index (χ0) is 14.3. The van der Waals surface area contributed by atoms with Crippen LogP contribution in [0, 0.1) is 0 Å². The van der Waals surface area contributed by atoms with Gasteiger partial charge in [-0.3, -0.25) is 10.2 Å². The van der Waals surface area contributed by atoms with Crippen molar-refractivity contribution in [3.05, 3.63) is 91.3 Å². The number of pyridine rings is 1. The summed E-state index contributed by atoms with van der Waals surface area (Å²) < 4.78 is 2.16. The molecule has 0 radical (unpaired) electrons. The summed E-state index contributed by atoms with van der Waals surface area (Å²) in [5, 5.41) is 7.12. The Labute approximate surface area is 138 Å². The fourth-order valence-corrected chi connectivity index (χ4v) is 3.43. The third-order valence-electron chi connectivity index (χ3n) is 2.95. The van der Waals surface area contributed by atoms with Crippen LogP contribution in [0.3, 0.4) is 0 Å².